The highest BCUT2D eigenvalue weighted by atomic mass is 35.5. The van der Waals surface area contributed by atoms with E-state index in [1.807, 2.05) is 23.1 Å². The highest BCUT2D eigenvalue weighted by Crippen LogP contribution is 2.39. The number of thiocyanates is 1. The minimum atomic E-state index is 0.153. The van der Waals surface area contributed by atoms with Crippen LogP contribution in [0.2, 0.25) is 5.02 Å². The standard InChI is InChI=1S/C27H23ClN4OS/c28-22-3-4-24-20(14-22)1-2-21-15-23(34-17-29)16-31-27(21)26(24)19-7-11-32(12-8-19)25(33)13-18-5-9-30-10-6-18/h3-6,9-10,14-16H,1-2,7-8,11-13H2. The summed E-state index contributed by atoms with van der Waals surface area (Å²) in [6, 6.07) is 12.0. The predicted octanol–water partition coefficient (Wildman–Crippen LogP) is 5.47. The molecule has 5 nitrogen and oxygen atoms in total. The molecule has 1 fully saturated rings. The van der Waals surface area contributed by atoms with Crippen LogP contribution in [0, 0.1) is 10.7 Å². The molecule has 34 heavy (non-hydrogen) atoms. The molecule has 0 saturated carbocycles. The van der Waals surface area contributed by atoms with Crippen molar-refractivity contribution >= 4 is 34.8 Å². The van der Waals surface area contributed by atoms with E-state index in [0.717, 1.165) is 64.2 Å². The van der Waals surface area contributed by atoms with Crippen LogP contribution in [0.1, 0.15) is 40.8 Å². The summed E-state index contributed by atoms with van der Waals surface area (Å²) < 4.78 is 0. The zero-order chi connectivity index (χ0) is 23.5. The van der Waals surface area contributed by atoms with Gasteiger partial charge in [0.25, 0.3) is 0 Å². The van der Waals surface area contributed by atoms with E-state index >= 15 is 0 Å². The fourth-order valence-electron chi connectivity index (χ4n) is 4.84. The number of fused-ring (bicyclic) bond motifs is 2. The van der Waals surface area contributed by atoms with Gasteiger partial charge in [0.2, 0.25) is 5.91 Å². The van der Waals surface area contributed by atoms with Gasteiger partial charge in [0.1, 0.15) is 5.40 Å². The maximum atomic E-state index is 12.9. The summed E-state index contributed by atoms with van der Waals surface area (Å²) in [6.07, 6.45) is 9.00. The Morgan fingerprint density at radius 3 is 2.59 bits per heavy atom. The lowest BCUT2D eigenvalue weighted by atomic mass is 9.88. The van der Waals surface area contributed by atoms with E-state index in [1.54, 1.807) is 18.6 Å². The second-order valence-electron chi connectivity index (χ2n) is 8.57. The van der Waals surface area contributed by atoms with Gasteiger partial charge in [-0.1, -0.05) is 23.2 Å². The van der Waals surface area contributed by atoms with Gasteiger partial charge in [0, 0.05) is 47.2 Å². The molecule has 1 aromatic carbocycles. The molecule has 3 aromatic rings. The maximum absolute atomic E-state index is 12.9. The van der Waals surface area contributed by atoms with Crippen LogP contribution in [0.5, 0.6) is 0 Å². The number of rotatable bonds is 3. The normalized spacial score (nSPS) is 15.2. The van der Waals surface area contributed by atoms with Crippen LogP contribution in [0.3, 0.4) is 0 Å². The Kier molecular flexibility index (Phi) is 6.66. The SMILES string of the molecule is N#CSc1cnc2c(c1)CCc1cc(Cl)ccc1C2=C1CCN(C(=O)Cc2ccncc2)CC1. The number of amides is 1. The van der Waals surface area contributed by atoms with E-state index in [9.17, 15) is 4.79 Å². The molecule has 0 bridgehead atoms. The number of carbonyl (C=O) groups is 1. The van der Waals surface area contributed by atoms with Crippen LogP contribution in [0.4, 0.5) is 0 Å². The van der Waals surface area contributed by atoms with Crippen LogP contribution in [-0.4, -0.2) is 33.9 Å². The molecule has 1 amide bonds. The van der Waals surface area contributed by atoms with Gasteiger partial charge in [0.05, 0.1) is 12.1 Å². The summed E-state index contributed by atoms with van der Waals surface area (Å²) in [6.45, 7) is 1.40. The van der Waals surface area contributed by atoms with Crippen molar-refractivity contribution in [3.8, 4) is 5.40 Å². The predicted molar refractivity (Wildman–Crippen MR) is 134 cm³/mol. The summed E-state index contributed by atoms with van der Waals surface area (Å²) in [5.74, 6) is 0.153. The van der Waals surface area contributed by atoms with Crippen molar-refractivity contribution in [2.75, 3.05) is 13.1 Å². The summed E-state index contributed by atoms with van der Waals surface area (Å²) in [7, 11) is 0. The number of aromatic nitrogens is 2. The fraction of sp³-hybridized carbons (Fsp3) is 0.259. The van der Waals surface area contributed by atoms with Crippen LogP contribution in [0.25, 0.3) is 5.57 Å². The van der Waals surface area contributed by atoms with Crippen LogP contribution < -0.4 is 0 Å². The third-order valence-corrected chi connectivity index (χ3v) is 7.31. The molecule has 7 heteroatoms. The van der Waals surface area contributed by atoms with Crippen LogP contribution >= 0.6 is 23.4 Å². The first-order valence-corrected chi connectivity index (χ1v) is 12.5. The number of carbonyl (C=O) groups excluding carboxylic acids is 1. The van der Waals surface area contributed by atoms with E-state index in [2.05, 4.69) is 28.6 Å². The smallest absolute Gasteiger partial charge is 0.227 e. The Balaban J connectivity index is 1.47. The molecule has 1 aliphatic carbocycles. The molecular formula is C27H23ClN4OS. The number of aryl methyl sites for hydroxylation is 2. The van der Waals surface area contributed by atoms with E-state index in [-0.39, 0.29) is 5.91 Å². The summed E-state index contributed by atoms with van der Waals surface area (Å²) in [5, 5.41) is 12.0. The largest absolute Gasteiger partial charge is 0.342 e. The number of halogens is 1. The van der Waals surface area contributed by atoms with Gasteiger partial charge < -0.3 is 4.90 Å². The number of hydrogen-bond acceptors (Lipinski definition) is 5. The number of piperidine rings is 1. The lowest BCUT2D eigenvalue weighted by Crippen LogP contribution is -2.37. The monoisotopic (exact) mass is 486 g/mol. The average Bonchev–Trinajstić information content (AvgIpc) is 3.01. The van der Waals surface area contributed by atoms with Crippen molar-refractivity contribution in [1.82, 2.24) is 14.9 Å². The quantitative estimate of drug-likeness (QED) is 0.362. The second kappa shape index (κ2) is 10.0. The summed E-state index contributed by atoms with van der Waals surface area (Å²) in [4.78, 5) is 24.6. The molecule has 0 spiro atoms. The van der Waals surface area contributed by atoms with Crippen LogP contribution in [0.15, 0.2) is 65.5 Å². The molecule has 0 atom stereocenters. The van der Waals surface area contributed by atoms with E-state index in [1.165, 1.54) is 22.3 Å². The molecule has 1 saturated heterocycles. The molecule has 2 aliphatic rings. The summed E-state index contributed by atoms with van der Waals surface area (Å²) >= 11 is 7.48. The van der Waals surface area contributed by atoms with Gasteiger partial charge >= 0.3 is 0 Å². The Morgan fingerprint density at radius 1 is 1.06 bits per heavy atom. The number of nitrogens with zero attached hydrogens (tertiary/aromatic N) is 4. The van der Waals surface area contributed by atoms with Gasteiger partial charge in [-0.15, -0.1) is 0 Å². The first-order chi connectivity index (χ1) is 16.6. The molecule has 5 rings (SSSR count). The maximum Gasteiger partial charge on any atom is 0.227 e. The molecular weight excluding hydrogens is 464 g/mol. The third-order valence-electron chi connectivity index (χ3n) is 6.52. The van der Waals surface area contributed by atoms with Gasteiger partial charge in [-0.25, -0.2) is 0 Å². The minimum Gasteiger partial charge on any atom is -0.342 e. The van der Waals surface area contributed by atoms with Crippen molar-refractivity contribution in [2.45, 2.75) is 37.0 Å². The van der Waals surface area contributed by atoms with Gasteiger partial charge in [-0.05, 0) is 90.0 Å². The number of nitriles is 1. The van der Waals surface area contributed by atoms with Crippen molar-refractivity contribution in [3.63, 3.8) is 0 Å². The molecule has 2 aromatic heterocycles. The van der Waals surface area contributed by atoms with E-state index < -0.39 is 0 Å². The zero-order valence-electron chi connectivity index (χ0n) is 18.6. The Bertz CT molecular complexity index is 1310. The highest BCUT2D eigenvalue weighted by Gasteiger charge is 2.27. The number of hydrogen-bond donors (Lipinski definition) is 0. The Labute approximate surface area is 208 Å². The van der Waals surface area contributed by atoms with Crippen molar-refractivity contribution in [2.24, 2.45) is 0 Å². The van der Waals surface area contributed by atoms with Gasteiger partial charge in [-0.2, -0.15) is 5.26 Å². The third kappa shape index (κ3) is 4.72. The molecule has 0 radical (unpaired) electrons. The first-order valence-electron chi connectivity index (χ1n) is 11.3. The van der Waals surface area contributed by atoms with Crippen molar-refractivity contribution in [3.05, 3.63) is 93.5 Å². The number of pyridine rings is 2. The molecule has 0 unspecified atom stereocenters. The number of likely N-dealkylation sites (tertiary alicyclic amines) is 1. The highest BCUT2D eigenvalue weighted by molar-refractivity contribution is 8.03. The average molecular weight is 487 g/mol. The minimum absolute atomic E-state index is 0.153. The van der Waals surface area contributed by atoms with Crippen LogP contribution in [-0.2, 0) is 24.1 Å². The van der Waals surface area contributed by atoms with E-state index in [0.29, 0.717) is 19.5 Å². The van der Waals surface area contributed by atoms with Gasteiger partial charge in [-0.3, -0.25) is 14.8 Å². The molecule has 170 valence electrons. The Hall–Kier alpha value is -3.14. The first kappa shape index (κ1) is 22.6. The Morgan fingerprint density at radius 2 is 1.82 bits per heavy atom. The van der Waals surface area contributed by atoms with Gasteiger partial charge in [0.15, 0.2) is 0 Å². The van der Waals surface area contributed by atoms with Crippen molar-refractivity contribution in [1.29, 1.82) is 5.26 Å². The number of thioether (sulfide) groups is 1. The number of benzene rings is 1. The van der Waals surface area contributed by atoms with E-state index in [4.69, 9.17) is 21.8 Å². The lowest BCUT2D eigenvalue weighted by Gasteiger charge is -2.30. The molecule has 1 aliphatic heterocycles. The summed E-state index contributed by atoms with van der Waals surface area (Å²) in [5.41, 5.74) is 8.05. The second-order valence-corrected chi connectivity index (χ2v) is 9.86. The lowest BCUT2D eigenvalue weighted by molar-refractivity contribution is -0.130. The zero-order valence-corrected chi connectivity index (χ0v) is 20.2. The molecule has 0 N–H and O–H groups in total. The fourth-order valence-corrected chi connectivity index (χ4v) is 5.45. The topological polar surface area (TPSA) is 69.9 Å². The van der Waals surface area contributed by atoms with Crippen molar-refractivity contribution < 1.29 is 4.79 Å². The molecule has 3 heterocycles.